The van der Waals surface area contributed by atoms with Gasteiger partial charge in [0.25, 0.3) is 5.91 Å². The quantitative estimate of drug-likeness (QED) is 0.577. The molecule has 3 aromatic rings. The van der Waals surface area contributed by atoms with E-state index < -0.39 is 11.7 Å². The van der Waals surface area contributed by atoms with E-state index in [2.05, 4.69) is 20.8 Å². The molecule has 1 aromatic heterocycles. The molecule has 0 aliphatic heterocycles. The molecule has 0 spiro atoms. The SMILES string of the molecule is Cc1cc(Oc2ncnc(NNC(=O)c3ccc(F)cc3)c2N)ccc1Cl. The number of halogens is 2. The number of nitrogen functional groups attached to an aromatic ring is 1. The summed E-state index contributed by atoms with van der Waals surface area (Å²) in [5, 5.41) is 0.615. The number of benzene rings is 2. The lowest BCUT2D eigenvalue weighted by Gasteiger charge is -2.13. The minimum absolute atomic E-state index is 0.101. The van der Waals surface area contributed by atoms with Crippen LogP contribution in [-0.2, 0) is 0 Å². The fraction of sp³-hybridized carbons (Fsp3) is 0.0556. The molecule has 138 valence electrons. The average molecular weight is 388 g/mol. The van der Waals surface area contributed by atoms with Gasteiger partial charge in [0, 0.05) is 10.6 Å². The Bertz CT molecular complexity index is 982. The Morgan fingerprint density at radius 3 is 2.63 bits per heavy atom. The predicted molar refractivity (Wildman–Crippen MR) is 100 cm³/mol. The number of aryl methyl sites for hydroxylation is 1. The third kappa shape index (κ3) is 4.42. The Kier molecular flexibility index (Phi) is 5.37. The maximum atomic E-state index is 12.9. The van der Waals surface area contributed by atoms with Crippen LogP contribution in [0.5, 0.6) is 11.6 Å². The molecule has 0 fully saturated rings. The van der Waals surface area contributed by atoms with Crippen LogP contribution in [0.25, 0.3) is 0 Å². The smallest absolute Gasteiger partial charge is 0.269 e. The molecule has 1 amide bonds. The third-order valence-corrected chi connectivity index (χ3v) is 4.02. The van der Waals surface area contributed by atoms with Crippen LogP contribution in [0.1, 0.15) is 15.9 Å². The molecule has 1 heterocycles. The van der Waals surface area contributed by atoms with Crippen molar-refractivity contribution in [3.05, 3.63) is 70.8 Å². The summed E-state index contributed by atoms with van der Waals surface area (Å²) in [5.74, 6) is -0.141. The van der Waals surface area contributed by atoms with E-state index in [0.717, 1.165) is 5.56 Å². The number of hydrogen-bond donors (Lipinski definition) is 3. The lowest BCUT2D eigenvalue weighted by atomic mass is 10.2. The van der Waals surface area contributed by atoms with Gasteiger partial charge in [0.15, 0.2) is 5.82 Å². The number of hydrazine groups is 1. The number of nitrogens with zero attached hydrogens (tertiary/aromatic N) is 2. The second-order valence-electron chi connectivity index (χ2n) is 5.54. The summed E-state index contributed by atoms with van der Waals surface area (Å²) >= 11 is 5.99. The zero-order valence-corrected chi connectivity index (χ0v) is 14.9. The van der Waals surface area contributed by atoms with Crippen LogP contribution in [0.3, 0.4) is 0 Å². The van der Waals surface area contributed by atoms with Crippen molar-refractivity contribution in [1.82, 2.24) is 15.4 Å². The largest absolute Gasteiger partial charge is 0.437 e. The molecule has 2 aromatic carbocycles. The molecule has 0 saturated carbocycles. The van der Waals surface area contributed by atoms with Crippen molar-refractivity contribution in [2.24, 2.45) is 0 Å². The Balaban J connectivity index is 1.71. The first-order chi connectivity index (χ1) is 12.9. The molecule has 0 atom stereocenters. The number of ether oxygens (including phenoxy) is 1. The Hall–Kier alpha value is -3.39. The van der Waals surface area contributed by atoms with Crippen molar-refractivity contribution in [3.8, 4) is 11.6 Å². The number of hydrogen-bond acceptors (Lipinski definition) is 6. The zero-order valence-electron chi connectivity index (χ0n) is 14.2. The number of nitrogens with one attached hydrogen (secondary N) is 2. The van der Waals surface area contributed by atoms with E-state index in [9.17, 15) is 9.18 Å². The van der Waals surface area contributed by atoms with Gasteiger partial charge in [0.2, 0.25) is 5.88 Å². The van der Waals surface area contributed by atoms with E-state index >= 15 is 0 Å². The van der Waals surface area contributed by atoms with Gasteiger partial charge in [0.05, 0.1) is 0 Å². The average Bonchev–Trinajstić information content (AvgIpc) is 2.66. The normalized spacial score (nSPS) is 10.3. The first-order valence-corrected chi connectivity index (χ1v) is 8.18. The van der Waals surface area contributed by atoms with Crippen molar-refractivity contribution in [2.75, 3.05) is 11.2 Å². The van der Waals surface area contributed by atoms with E-state index in [1.54, 1.807) is 18.2 Å². The first-order valence-electron chi connectivity index (χ1n) is 7.80. The van der Waals surface area contributed by atoms with Gasteiger partial charge >= 0.3 is 0 Å². The lowest BCUT2D eigenvalue weighted by molar-refractivity contribution is 0.0962. The third-order valence-electron chi connectivity index (χ3n) is 3.59. The molecule has 9 heteroatoms. The van der Waals surface area contributed by atoms with Crippen LogP contribution in [0.4, 0.5) is 15.9 Å². The highest BCUT2D eigenvalue weighted by Gasteiger charge is 2.12. The molecule has 0 unspecified atom stereocenters. The second kappa shape index (κ2) is 7.88. The summed E-state index contributed by atoms with van der Waals surface area (Å²) in [5.41, 5.74) is 12.2. The molecule has 27 heavy (non-hydrogen) atoms. The van der Waals surface area contributed by atoms with Crippen molar-refractivity contribution < 1.29 is 13.9 Å². The van der Waals surface area contributed by atoms with Gasteiger partial charge in [-0.05, 0) is 55.0 Å². The standard InChI is InChI=1S/C18H15ClFN5O2/c1-10-8-13(6-7-14(10)19)27-18-15(21)16(22-9-23-18)24-25-17(26)11-2-4-12(20)5-3-11/h2-9H,21H2,1H3,(H,25,26)(H,22,23,24). The number of carbonyl (C=O) groups excluding carboxylic acids is 1. The number of amides is 1. The molecule has 0 saturated heterocycles. The van der Waals surface area contributed by atoms with Crippen LogP contribution in [0.2, 0.25) is 5.02 Å². The summed E-state index contributed by atoms with van der Waals surface area (Å²) < 4.78 is 18.6. The molecule has 7 nitrogen and oxygen atoms in total. The van der Waals surface area contributed by atoms with Crippen LogP contribution >= 0.6 is 11.6 Å². The molecule has 0 aliphatic carbocycles. The maximum Gasteiger partial charge on any atom is 0.269 e. The van der Waals surface area contributed by atoms with Gasteiger partial charge in [-0.15, -0.1) is 0 Å². The molecule has 3 rings (SSSR count). The van der Waals surface area contributed by atoms with Gasteiger partial charge < -0.3 is 10.5 Å². The van der Waals surface area contributed by atoms with Crippen molar-refractivity contribution in [3.63, 3.8) is 0 Å². The van der Waals surface area contributed by atoms with Crippen LogP contribution in [-0.4, -0.2) is 15.9 Å². The minimum Gasteiger partial charge on any atom is -0.437 e. The van der Waals surface area contributed by atoms with Gasteiger partial charge in [0.1, 0.15) is 23.6 Å². The highest BCUT2D eigenvalue weighted by Crippen LogP contribution is 2.30. The van der Waals surface area contributed by atoms with Gasteiger partial charge in [-0.1, -0.05) is 11.6 Å². The summed E-state index contributed by atoms with van der Waals surface area (Å²) in [6, 6.07) is 10.2. The Labute approximate surface area is 159 Å². The number of anilines is 2. The van der Waals surface area contributed by atoms with Crippen molar-refractivity contribution in [2.45, 2.75) is 6.92 Å². The predicted octanol–water partition coefficient (Wildman–Crippen LogP) is 3.71. The summed E-state index contributed by atoms with van der Waals surface area (Å²) in [4.78, 5) is 20.0. The highest BCUT2D eigenvalue weighted by molar-refractivity contribution is 6.31. The van der Waals surface area contributed by atoms with E-state index in [-0.39, 0.29) is 22.9 Å². The van der Waals surface area contributed by atoms with E-state index in [4.69, 9.17) is 22.1 Å². The van der Waals surface area contributed by atoms with Gasteiger partial charge in [-0.25, -0.2) is 9.37 Å². The summed E-state index contributed by atoms with van der Waals surface area (Å²) in [6.07, 6.45) is 1.24. The number of aromatic nitrogens is 2. The topological polar surface area (TPSA) is 102 Å². The molecule has 0 aliphatic rings. The zero-order chi connectivity index (χ0) is 19.4. The Morgan fingerprint density at radius 2 is 1.93 bits per heavy atom. The molecule has 0 bridgehead atoms. The van der Waals surface area contributed by atoms with Gasteiger partial charge in [-0.3, -0.25) is 15.6 Å². The summed E-state index contributed by atoms with van der Waals surface area (Å²) in [6.45, 7) is 1.84. The first kappa shape index (κ1) is 18.4. The Morgan fingerprint density at radius 1 is 1.19 bits per heavy atom. The van der Waals surface area contributed by atoms with Crippen molar-refractivity contribution in [1.29, 1.82) is 0 Å². The fourth-order valence-corrected chi connectivity index (χ4v) is 2.26. The van der Waals surface area contributed by atoms with Crippen LogP contribution in [0, 0.1) is 12.7 Å². The number of carbonyl (C=O) groups is 1. The maximum absolute atomic E-state index is 12.9. The summed E-state index contributed by atoms with van der Waals surface area (Å²) in [7, 11) is 0. The van der Waals surface area contributed by atoms with Crippen LogP contribution < -0.4 is 21.3 Å². The second-order valence-corrected chi connectivity index (χ2v) is 5.95. The van der Waals surface area contributed by atoms with Gasteiger partial charge in [-0.2, -0.15) is 4.98 Å². The molecule has 4 N–H and O–H groups in total. The van der Waals surface area contributed by atoms with Crippen molar-refractivity contribution >= 4 is 29.0 Å². The van der Waals surface area contributed by atoms with E-state index in [0.29, 0.717) is 10.8 Å². The number of nitrogens with two attached hydrogens (primary N) is 1. The van der Waals surface area contributed by atoms with E-state index in [1.165, 1.54) is 30.6 Å². The minimum atomic E-state index is -0.483. The molecule has 0 radical (unpaired) electrons. The molecular weight excluding hydrogens is 373 g/mol. The number of rotatable bonds is 5. The van der Waals surface area contributed by atoms with Crippen LogP contribution in [0.15, 0.2) is 48.8 Å². The highest BCUT2D eigenvalue weighted by atomic mass is 35.5. The van der Waals surface area contributed by atoms with E-state index in [1.807, 2.05) is 6.92 Å². The monoisotopic (exact) mass is 387 g/mol. The fourth-order valence-electron chi connectivity index (χ4n) is 2.14. The molecular formula is C18H15ClFN5O2. The lowest BCUT2D eigenvalue weighted by Crippen LogP contribution is -2.30.